The van der Waals surface area contributed by atoms with E-state index in [1.54, 1.807) is 12.3 Å². The molecule has 1 aromatic carbocycles. The molecule has 2 N–H and O–H groups in total. The first-order valence-electron chi connectivity index (χ1n) is 7.75. The summed E-state index contributed by atoms with van der Waals surface area (Å²) in [7, 11) is -3.57. The molecule has 0 unspecified atom stereocenters. The minimum Gasteiger partial charge on any atom is -0.306 e. The van der Waals surface area contributed by atoms with Gasteiger partial charge in [0.15, 0.2) is 0 Å². The van der Waals surface area contributed by atoms with Gasteiger partial charge in [-0.15, -0.1) is 0 Å². The van der Waals surface area contributed by atoms with Gasteiger partial charge in [-0.1, -0.05) is 0 Å². The Morgan fingerprint density at radius 2 is 1.88 bits per heavy atom. The summed E-state index contributed by atoms with van der Waals surface area (Å²) in [5, 5.41) is 4.23. The second-order valence-corrected chi connectivity index (χ2v) is 7.85. The minimum absolute atomic E-state index is 0.197. The van der Waals surface area contributed by atoms with Crippen LogP contribution >= 0.6 is 0 Å². The fourth-order valence-electron chi connectivity index (χ4n) is 3.16. The van der Waals surface area contributed by atoms with Crippen molar-refractivity contribution < 1.29 is 8.42 Å². The van der Waals surface area contributed by atoms with Gasteiger partial charge in [0, 0.05) is 25.5 Å². The molecule has 1 fully saturated rings. The number of imidazole rings is 1. The summed E-state index contributed by atoms with van der Waals surface area (Å²) in [5.74, 6) is 0. The maximum absolute atomic E-state index is 12.8. The number of fused-ring (bicyclic) bond motifs is 1. The van der Waals surface area contributed by atoms with Gasteiger partial charge in [-0.2, -0.15) is 9.40 Å². The molecule has 3 aromatic rings. The van der Waals surface area contributed by atoms with Gasteiger partial charge < -0.3 is 9.97 Å². The lowest BCUT2D eigenvalue weighted by atomic mass is 10.1. The summed E-state index contributed by atoms with van der Waals surface area (Å²) in [6, 6.07) is 6.74. The number of piperidine rings is 1. The number of hydrogen-bond donors (Lipinski definition) is 2. The second kappa shape index (κ2) is 5.60. The van der Waals surface area contributed by atoms with E-state index in [9.17, 15) is 13.2 Å². The van der Waals surface area contributed by atoms with Crippen LogP contribution in [0.4, 0.5) is 0 Å². The zero-order chi connectivity index (χ0) is 16.7. The number of H-pyrrole nitrogens is 2. The first-order chi connectivity index (χ1) is 11.5. The molecule has 1 saturated heterocycles. The molecule has 0 radical (unpaired) electrons. The monoisotopic (exact) mass is 347 g/mol. The Kier molecular flexibility index (Phi) is 3.54. The quantitative estimate of drug-likeness (QED) is 0.740. The lowest BCUT2D eigenvalue weighted by molar-refractivity contribution is 0.261. The molecule has 0 bridgehead atoms. The molecule has 8 nitrogen and oxygen atoms in total. The molecule has 0 aliphatic carbocycles. The molecule has 2 aromatic heterocycles. The molecule has 24 heavy (non-hydrogen) atoms. The van der Waals surface area contributed by atoms with Gasteiger partial charge in [-0.3, -0.25) is 4.68 Å². The van der Waals surface area contributed by atoms with E-state index in [0.29, 0.717) is 24.1 Å². The molecule has 1 aliphatic heterocycles. The SMILES string of the molecule is O=c1[nH]c2ccc(S(=O)(=O)N3CCC(n4cccn4)CC3)cc2[nH]1. The van der Waals surface area contributed by atoms with E-state index >= 15 is 0 Å². The molecule has 126 valence electrons. The van der Waals surface area contributed by atoms with Crippen LogP contribution in [0.25, 0.3) is 11.0 Å². The maximum atomic E-state index is 12.8. The summed E-state index contributed by atoms with van der Waals surface area (Å²) in [6.07, 6.45) is 5.09. The van der Waals surface area contributed by atoms with Gasteiger partial charge in [0.1, 0.15) is 0 Å². The van der Waals surface area contributed by atoms with Crippen molar-refractivity contribution >= 4 is 21.1 Å². The third kappa shape index (κ3) is 2.55. The molecule has 1 aliphatic rings. The fourth-order valence-corrected chi connectivity index (χ4v) is 4.66. The Hall–Kier alpha value is -2.39. The minimum atomic E-state index is -3.57. The number of aromatic amines is 2. The molecular weight excluding hydrogens is 330 g/mol. The van der Waals surface area contributed by atoms with Crippen molar-refractivity contribution in [3.63, 3.8) is 0 Å². The van der Waals surface area contributed by atoms with Gasteiger partial charge in [0.25, 0.3) is 0 Å². The summed E-state index contributed by atoms with van der Waals surface area (Å²) >= 11 is 0. The molecule has 0 spiro atoms. The van der Waals surface area contributed by atoms with Gasteiger partial charge in [-0.05, 0) is 37.1 Å². The summed E-state index contributed by atoms with van der Waals surface area (Å²) < 4.78 is 29.1. The van der Waals surface area contributed by atoms with Crippen molar-refractivity contribution in [1.29, 1.82) is 0 Å². The average Bonchev–Trinajstić information content (AvgIpc) is 3.22. The number of sulfonamides is 1. The summed E-state index contributed by atoms with van der Waals surface area (Å²) in [6.45, 7) is 0.906. The van der Waals surface area contributed by atoms with Gasteiger partial charge in [0.2, 0.25) is 10.0 Å². The van der Waals surface area contributed by atoms with E-state index in [1.165, 1.54) is 16.4 Å². The zero-order valence-corrected chi connectivity index (χ0v) is 13.7. The standard InChI is InChI=1S/C15H17N5O3S/c21-15-17-13-3-2-12(10-14(13)18-15)24(22,23)19-8-4-11(5-9-19)20-7-1-6-16-20/h1-3,6-7,10-11H,4-5,8-9H2,(H2,17,18,21). The average molecular weight is 347 g/mol. The predicted octanol–water partition coefficient (Wildman–Crippen LogP) is 1.08. The van der Waals surface area contributed by atoms with Crippen molar-refractivity contribution in [2.75, 3.05) is 13.1 Å². The smallest absolute Gasteiger partial charge is 0.306 e. The number of hydrogen-bond acceptors (Lipinski definition) is 4. The lowest BCUT2D eigenvalue weighted by Gasteiger charge is -2.31. The summed E-state index contributed by atoms with van der Waals surface area (Å²) in [5.41, 5.74) is 0.739. The highest BCUT2D eigenvalue weighted by Crippen LogP contribution is 2.27. The largest absolute Gasteiger partial charge is 0.323 e. The van der Waals surface area contributed by atoms with Crippen molar-refractivity contribution in [2.24, 2.45) is 0 Å². The molecule has 0 amide bonds. The fraction of sp³-hybridized carbons (Fsp3) is 0.333. The number of benzene rings is 1. The molecule has 4 rings (SSSR count). The van der Waals surface area contributed by atoms with E-state index < -0.39 is 10.0 Å². The number of aromatic nitrogens is 4. The van der Waals surface area contributed by atoms with Crippen LogP contribution in [0.15, 0.2) is 46.3 Å². The number of rotatable bonds is 3. The van der Waals surface area contributed by atoms with Crippen molar-refractivity contribution in [3.05, 3.63) is 47.1 Å². The Balaban J connectivity index is 1.57. The van der Waals surface area contributed by atoms with Crippen molar-refractivity contribution in [2.45, 2.75) is 23.8 Å². The van der Waals surface area contributed by atoms with Crippen molar-refractivity contribution in [3.8, 4) is 0 Å². The third-order valence-electron chi connectivity index (χ3n) is 4.45. The highest BCUT2D eigenvalue weighted by atomic mass is 32.2. The third-order valence-corrected chi connectivity index (χ3v) is 6.34. The van der Waals surface area contributed by atoms with Crippen LogP contribution in [0.5, 0.6) is 0 Å². The molecule has 0 saturated carbocycles. The van der Waals surface area contributed by atoms with E-state index in [0.717, 1.165) is 12.8 Å². The van der Waals surface area contributed by atoms with Crippen LogP contribution in [0, 0.1) is 0 Å². The number of nitrogens with zero attached hydrogens (tertiary/aromatic N) is 3. The Labute approximate surface area is 138 Å². The van der Waals surface area contributed by atoms with Crippen LogP contribution in [0.3, 0.4) is 0 Å². The highest BCUT2D eigenvalue weighted by molar-refractivity contribution is 7.89. The van der Waals surface area contributed by atoms with E-state index in [-0.39, 0.29) is 16.6 Å². The van der Waals surface area contributed by atoms with Crippen LogP contribution in [-0.4, -0.2) is 45.6 Å². The predicted molar refractivity (Wildman–Crippen MR) is 88.2 cm³/mol. The highest BCUT2D eigenvalue weighted by Gasteiger charge is 2.30. The maximum Gasteiger partial charge on any atom is 0.323 e. The Morgan fingerprint density at radius 1 is 1.12 bits per heavy atom. The van der Waals surface area contributed by atoms with Crippen LogP contribution in [0.2, 0.25) is 0 Å². The van der Waals surface area contributed by atoms with Gasteiger partial charge >= 0.3 is 5.69 Å². The first-order valence-corrected chi connectivity index (χ1v) is 9.19. The molecule has 3 heterocycles. The Bertz CT molecular complexity index is 1010. The molecular formula is C15H17N5O3S. The molecule has 0 atom stereocenters. The van der Waals surface area contributed by atoms with Gasteiger partial charge in [-0.25, -0.2) is 13.2 Å². The Morgan fingerprint density at radius 3 is 2.58 bits per heavy atom. The summed E-state index contributed by atoms with van der Waals surface area (Å²) in [4.78, 5) is 16.7. The van der Waals surface area contributed by atoms with Crippen molar-refractivity contribution in [1.82, 2.24) is 24.1 Å². The van der Waals surface area contributed by atoms with Crippen LogP contribution in [-0.2, 0) is 10.0 Å². The van der Waals surface area contributed by atoms with Gasteiger partial charge in [0.05, 0.1) is 22.0 Å². The van der Waals surface area contributed by atoms with E-state index in [2.05, 4.69) is 15.1 Å². The number of nitrogens with one attached hydrogen (secondary N) is 2. The van der Waals surface area contributed by atoms with Crippen LogP contribution in [0.1, 0.15) is 18.9 Å². The molecule has 9 heteroatoms. The second-order valence-electron chi connectivity index (χ2n) is 5.91. The first kappa shape index (κ1) is 15.2. The van der Waals surface area contributed by atoms with E-state index in [4.69, 9.17) is 0 Å². The lowest BCUT2D eigenvalue weighted by Crippen LogP contribution is -2.39. The van der Waals surface area contributed by atoms with Crippen LogP contribution < -0.4 is 5.69 Å². The van der Waals surface area contributed by atoms with E-state index in [1.807, 2.05) is 16.9 Å². The zero-order valence-electron chi connectivity index (χ0n) is 12.8. The normalized spacial score (nSPS) is 17.5. The topological polar surface area (TPSA) is 104 Å².